The summed E-state index contributed by atoms with van der Waals surface area (Å²) in [6.07, 6.45) is 1.65. The number of nitrogens with zero attached hydrogens (tertiary/aromatic N) is 1. The first kappa shape index (κ1) is 17.5. The molecule has 1 atom stereocenters. The lowest BCUT2D eigenvalue weighted by atomic mass is 10.1. The van der Waals surface area contributed by atoms with Crippen molar-refractivity contribution in [2.75, 3.05) is 18.0 Å². The predicted molar refractivity (Wildman–Crippen MR) is 99.7 cm³/mol. The van der Waals surface area contributed by atoms with Gasteiger partial charge in [-0.1, -0.05) is 41.9 Å². The smallest absolute Gasteiger partial charge is 0.227 e. The molecule has 1 unspecified atom stereocenters. The Balaban J connectivity index is 1.45. The summed E-state index contributed by atoms with van der Waals surface area (Å²) < 4.78 is 0. The highest BCUT2D eigenvalue weighted by atomic mass is 35.5. The number of anilines is 1. The molecule has 130 valence electrons. The number of aryl methyl sites for hydroxylation is 1. The van der Waals surface area contributed by atoms with E-state index in [2.05, 4.69) is 5.32 Å². The normalized spacial score (nSPS) is 16.9. The second kappa shape index (κ2) is 8.17. The van der Waals surface area contributed by atoms with Gasteiger partial charge in [-0.15, -0.1) is 0 Å². The molecule has 4 nitrogen and oxygen atoms in total. The molecule has 0 spiro atoms. The van der Waals surface area contributed by atoms with Crippen molar-refractivity contribution in [3.05, 3.63) is 65.2 Å². The second-order valence-corrected chi connectivity index (χ2v) is 6.78. The molecule has 1 aliphatic heterocycles. The zero-order valence-corrected chi connectivity index (χ0v) is 14.7. The lowest BCUT2D eigenvalue weighted by molar-refractivity contribution is -0.121. The minimum atomic E-state index is 0.0289. The van der Waals surface area contributed by atoms with E-state index in [0.717, 1.165) is 17.7 Å². The van der Waals surface area contributed by atoms with Crippen molar-refractivity contribution in [1.29, 1.82) is 0 Å². The number of nitrogens with one attached hydrogen (secondary N) is 1. The number of rotatable bonds is 6. The zero-order chi connectivity index (χ0) is 17.6. The lowest BCUT2D eigenvalue weighted by Crippen LogP contribution is -2.31. The van der Waals surface area contributed by atoms with Gasteiger partial charge in [-0.3, -0.25) is 9.59 Å². The van der Waals surface area contributed by atoms with Crippen LogP contribution in [0.15, 0.2) is 54.6 Å². The standard InChI is InChI=1S/C20H21ClN2O2/c21-17-7-9-18(10-8-17)23-14-16(12-20(23)25)13-22-19(24)11-6-15-4-2-1-3-5-15/h1-5,7-10,16H,6,11-14H2,(H,22,24). The molecule has 25 heavy (non-hydrogen) atoms. The third-order valence-electron chi connectivity index (χ3n) is 4.41. The molecule has 1 fully saturated rings. The van der Waals surface area contributed by atoms with Crippen LogP contribution in [-0.2, 0) is 16.0 Å². The molecular formula is C20H21ClN2O2. The fourth-order valence-electron chi connectivity index (χ4n) is 3.04. The predicted octanol–water partition coefficient (Wildman–Crippen LogP) is 3.44. The first-order valence-corrected chi connectivity index (χ1v) is 8.86. The topological polar surface area (TPSA) is 49.4 Å². The van der Waals surface area contributed by atoms with Crippen molar-refractivity contribution in [3.63, 3.8) is 0 Å². The first-order chi connectivity index (χ1) is 12.1. The molecule has 1 heterocycles. The summed E-state index contributed by atoms with van der Waals surface area (Å²) in [6, 6.07) is 17.2. The largest absolute Gasteiger partial charge is 0.356 e. The summed E-state index contributed by atoms with van der Waals surface area (Å²) >= 11 is 5.89. The quantitative estimate of drug-likeness (QED) is 0.861. The van der Waals surface area contributed by atoms with Crippen LogP contribution in [0.1, 0.15) is 18.4 Å². The van der Waals surface area contributed by atoms with E-state index in [0.29, 0.717) is 31.0 Å². The van der Waals surface area contributed by atoms with E-state index in [4.69, 9.17) is 11.6 Å². The van der Waals surface area contributed by atoms with Crippen LogP contribution in [0.4, 0.5) is 5.69 Å². The zero-order valence-electron chi connectivity index (χ0n) is 14.0. The average molecular weight is 357 g/mol. The monoisotopic (exact) mass is 356 g/mol. The van der Waals surface area contributed by atoms with Gasteiger partial charge >= 0.3 is 0 Å². The number of hydrogen-bond acceptors (Lipinski definition) is 2. The lowest BCUT2D eigenvalue weighted by Gasteiger charge is -2.17. The van der Waals surface area contributed by atoms with Gasteiger partial charge in [0, 0.05) is 42.6 Å². The Morgan fingerprint density at radius 1 is 1.12 bits per heavy atom. The minimum absolute atomic E-state index is 0.0289. The maximum atomic E-state index is 12.2. The molecular weight excluding hydrogens is 336 g/mol. The Kier molecular flexibility index (Phi) is 5.71. The minimum Gasteiger partial charge on any atom is -0.356 e. The van der Waals surface area contributed by atoms with Crippen molar-refractivity contribution < 1.29 is 9.59 Å². The number of benzene rings is 2. The third-order valence-corrected chi connectivity index (χ3v) is 4.67. The molecule has 5 heteroatoms. The van der Waals surface area contributed by atoms with Crippen LogP contribution in [-0.4, -0.2) is 24.9 Å². The van der Waals surface area contributed by atoms with Crippen LogP contribution < -0.4 is 10.2 Å². The third kappa shape index (κ3) is 4.83. The average Bonchev–Trinajstić information content (AvgIpc) is 3.00. The molecule has 1 N–H and O–H groups in total. The fourth-order valence-corrected chi connectivity index (χ4v) is 3.16. The van der Waals surface area contributed by atoms with E-state index >= 15 is 0 Å². The van der Waals surface area contributed by atoms with Gasteiger partial charge in [0.25, 0.3) is 0 Å². The van der Waals surface area contributed by atoms with Gasteiger partial charge in [-0.25, -0.2) is 0 Å². The van der Waals surface area contributed by atoms with Gasteiger partial charge in [-0.05, 0) is 36.2 Å². The number of halogens is 1. The summed E-state index contributed by atoms with van der Waals surface area (Å²) in [4.78, 5) is 26.0. The van der Waals surface area contributed by atoms with Crippen molar-refractivity contribution in [3.8, 4) is 0 Å². The molecule has 2 aromatic carbocycles. The summed E-state index contributed by atoms with van der Waals surface area (Å²) in [5.41, 5.74) is 2.01. The molecule has 0 aliphatic carbocycles. The Morgan fingerprint density at radius 3 is 2.56 bits per heavy atom. The molecule has 1 saturated heterocycles. The van der Waals surface area contributed by atoms with Gasteiger partial charge in [-0.2, -0.15) is 0 Å². The summed E-state index contributed by atoms with van der Waals surface area (Å²) in [7, 11) is 0. The van der Waals surface area contributed by atoms with E-state index in [-0.39, 0.29) is 17.7 Å². The van der Waals surface area contributed by atoms with Crippen LogP contribution in [0.3, 0.4) is 0 Å². The van der Waals surface area contributed by atoms with E-state index in [1.54, 1.807) is 17.0 Å². The van der Waals surface area contributed by atoms with Gasteiger partial charge < -0.3 is 10.2 Å². The highest BCUT2D eigenvalue weighted by Gasteiger charge is 2.30. The molecule has 0 aromatic heterocycles. The number of carbonyl (C=O) groups is 2. The maximum Gasteiger partial charge on any atom is 0.227 e. The summed E-state index contributed by atoms with van der Waals surface area (Å²) in [5, 5.41) is 3.61. The van der Waals surface area contributed by atoms with Gasteiger partial charge in [0.15, 0.2) is 0 Å². The Bertz CT molecular complexity index is 731. The Morgan fingerprint density at radius 2 is 1.84 bits per heavy atom. The van der Waals surface area contributed by atoms with Gasteiger partial charge in [0.05, 0.1) is 0 Å². The molecule has 0 bridgehead atoms. The first-order valence-electron chi connectivity index (χ1n) is 8.48. The van der Waals surface area contributed by atoms with E-state index in [9.17, 15) is 9.59 Å². The highest BCUT2D eigenvalue weighted by Crippen LogP contribution is 2.25. The molecule has 2 amide bonds. The molecule has 3 rings (SSSR count). The van der Waals surface area contributed by atoms with Crippen LogP contribution >= 0.6 is 11.6 Å². The maximum absolute atomic E-state index is 12.2. The van der Waals surface area contributed by atoms with Crippen LogP contribution in [0.25, 0.3) is 0 Å². The molecule has 0 saturated carbocycles. The van der Waals surface area contributed by atoms with E-state index in [1.807, 2.05) is 42.5 Å². The number of hydrogen-bond donors (Lipinski definition) is 1. The molecule has 2 aromatic rings. The van der Waals surface area contributed by atoms with Gasteiger partial charge in [0.1, 0.15) is 0 Å². The SMILES string of the molecule is O=C(CCc1ccccc1)NCC1CC(=O)N(c2ccc(Cl)cc2)C1. The van der Waals surface area contributed by atoms with Crippen LogP contribution in [0.2, 0.25) is 5.02 Å². The van der Waals surface area contributed by atoms with Crippen molar-refractivity contribution in [1.82, 2.24) is 5.32 Å². The van der Waals surface area contributed by atoms with Gasteiger partial charge in [0.2, 0.25) is 11.8 Å². The van der Waals surface area contributed by atoms with Crippen LogP contribution in [0, 0.1) is 5.92 Å². The number of carbonyl (C=O) groups excluding carboxylic acids is 2. The number of amides is 2. The van der Waals surface area contributed by atoms with Crippen molar-refractivity contribution >= 4 is 29.1 Å². The van der Waals surface area contributed by atoms with E-state index in [1.165, 1.54) is 0 Å². The summed E-state index contributed by atoms with van der Waals surface area (Å²) in [6.45, 7) is 1.16. The Labute approximate surface area is 152 Å². The van der Waals surface area contributed by atoms with Crippen molar-refractivity contribution in [2.45, 2.75) is 19.3 Å². The fraction of sp³-hybridized carbons (Fsp3) is 0.300. The van der Waals surface area contributed by atoms with Crippen LogP contribution in [0.5, 0.6) is 0 Å². The van der Waals surface area contributed by atoms with Crippen molar-refractivity contribution in [2.24, 2.45) is 5.92 Å². The molecule has 1 aliphatic rings. The summed E-state index contributed by atoms with van der Waals surface area (Å²) in [5.74, 6) is 0.260. The molecule has 0 radical (unpaired) electrons. The second-order valence-electron chi connectivity index (χ2n) is 6.34. The van der Waals surface area contributed by atoms with E-state index < -0.39 is 0 Å². The Hall–Kier alpha value is -2.33. The highest BCUT2D eigenvalue weighted by molar-refractivity contribution is 6.30.